The van der Waals surface area contributed by atoms with Gasteiger partial charge in [-0.1, -0.05) is 19.1 Å². The molecule has 6 heteroatoms. The van der Waals surface area contributed by atoms with Gasteiger partial charge < -0.3 is 15.0 Å². The van der Waals surface area contributed by atoms with Gasteiger partial charge in [0.15, 0.2) is 0 Å². The fraction of sp³-hybridized carbons (Fsp3) is 0.357. The predicted octanol–water partition coefficient (Wildman–Crippen LogP) is 1.58. The lowest BCUT2D eigenvalue weighted by molar-refractivity contribution is -0.142. The highest BCUT2D eigenvalue weighted by Gasteiger charge is 2.23. The van der Waals surface area contributed by atoms with Crippen molar-refractivity contribution in [3.63, 3.8) is 0 Å². The van der Waals surface area contributed by atoms with E-state index in [0.717, 1.165) is 11.0 Å². The second-order valence-electron chi connectivity index (χ2n) is 4.62. The first kappa shape index (κ1) is 14.0. The zero-order chi connectivity index (χ0) is 14.7. The van der Waals surface area contributed by atoms with E-state index >= 15 is 0 Å². The number of carboxylic acid groups (broad SMARTS) is 1. The van der Waals surface area contributed by atoms with Crippen molar-refractivity contribution in [2.24, 2.45) is 0 Å². The molecule has 0 radical (unpaired) electrons. The van der Waals surface area contributed by atoms with Gasteiger partial charge in [0.05, 0.1) is 17.4 Å². The summed E-state index contributed by atoms with van der Waals surface area (Å²) in [5.41, 5.74) is 1.65. The number of carboxylic acids is 1. The molecule has 1 aromatic heterocycles. The van der Waals surface area contributed by atoms with Crippen LogP contribution in [0, 0.1) is 0 Å². The van der Waals surface area contributed by atoms with E-state index in [1.54, 1.807) is 24.7 Å². The van der Waals surface area contributed by atoms with Crippen molar-refractivity contribution in [2.75, 3.05) is 0 Å². The number of imidazole rings is 1. The summed E-state index contributed by atoms with van der Waals surface area (Å²) >= 11 is 0. The first-order valence-corrected chi connectivity index (χ1v) is 6.49. The number of carbonyl (C=O) groups is 2. The van der Waals surface area contributed by atoms with Crippen molar-refractivity contribution in [3.8, 4) is 0 Å². The van der Waals surface area contributed by atoms with Crippen molar-refractivity contribution in [1.29, 1.82) is 0 Å². The second-order valence-corrected chi connectivity index (χ2v) is 4.62. The zero-order valence-corrected chi connectivity index (χ0v) is 11.4. The maximum atomic E-state index is 12.1. The Kier molecular flexibility index (Phi) is 4.02. The van der Waals surface area contributed by atoms with Gasteiger partial charge in [0.2, 0.25) is 5.91 Å². The standard InChI is InChI=1S/C14H17N3O3/c1-3-10(14(19)20)16-13(18)9(2)17-8-15-11-6-4-5-7-12(11)17/h4-10H,3H2,1-2H3,(H,16,18)(H,19,20)/t9?,10-/m0/s1. The number of amides is 1. The summed E-state index contributed by atoms with van der Waals surface area (Å²) in [6.07, 6.45) is 1.94. The summed E-state index contributed by atoms with van der Waals surface area (Å²) in [5.74, 6) is -1.36. The third kappa shape index (κ3) is 2.64. The highest BCUT2D eigenvalue weighted by atomic mass is 16.4. The van der Waals surface area contributed by atoms with E-state index in [-0.39, 0.29) is 5.91 Å². The lowest BCUT2D eigenvalue weighted by atomic mass is 10.2. The molecule has 0 spiro atoms. The van der Waals surface area contributed by atoms with Crippen LogP contribution in [0.2, 0.25) is 0 Å². The minimum Gasteiger partial charge on any atom is -0.480 e. The molecule has 1 unspecified atom stereocenters. The quantitative estimate of drug-likeness (QED) is 0.867. The second kappa shape index (κ2) is 5.73. The topological polar surface area (TPSA) is 84.2 Å². The first-order valence-electron chi connectivity index (χ1n) is 6.49. The number of benzene rings is 1. The summed E-state index contributed by atoms with van der Waals surface area (Å²) in [6.45, 7) is 3.44. The molecule has 0 bridgehead atoms. The number of carbonyl (C=O) groups excluding carboxylic acids is 1. The van der Waals surface area contributed by atoms with Gasteiger partial charge in [-0.25, -0.2) is 9.78 Å². The average Bonchev–Trinajstić information content (AvgIpc) is 2.87. The van der Waals surface area contributed by atoms with Crippen molar-refractivity contribution < 1.29 is 14.7 Å². The smallest absolute Gasteiger partial charge is 0.326 e. The summed E-state index contributed by atoms with van der Waals surface area (Å²) in [6, 6.07) is 6.11. The Bertz CT molecular complexity index is 635. The third-order valence-electron chi connectivity index (χ3n) is 3.30. The van der Waals surface area contributed by atoms with E-state index in [0.29, 0.717) is 6.42 Å². The molecule has 106 valence electrons. The van der Waals surface area contributed by atoms with E-state index in [1.165, 1.54) is 0 Å². The van der Waals surface area contributed by atoms with Crippen LogP contribution in [-0.2, 0) is 9.59 Å². The van der Waals surface area contributed by atoms with Gasteiger partial charge in [-0.15, -0.1) is 0 Å². The molecule has 0 aliphatic heterocycles. The van der Waals surface area contributed by atoms with Crippen LogP contribution in [0.25, 0.3) is 11.0 Å². The van der Waals surface area contributed by atoms with Crippen LogP contribution in [-0.4, -0.2) is 32.6 Å². The van der Waals surface area contributed by atoms with E-state index in [9.17, 15) is 9.59 Å². The minimum absolute atomic E-state index is 0.331. The number of nitrogens with zero attached hydrogens (tertiary/aromatic N) is 2. The monoisotopic (exact) mass is 275 g/mol. The SMILES string of the molecule is CC[C@H](NC(=O)C(C)n1cnc2ccccc21)C(=O)O. The van der Waals surface area contributed by atoms with Gasteiger partial charge in [-0.3, -0.25) is 4.79 Å². The summed E-state index contributed by atoms with van der Waals surface area (Å²) in [5, 5.41) is 11.5. The van der Waals surface area contributed by atoms with Gasteiger partial charge in [-0.05, 0) is 25.5 Å². The van der Waals surface area contributed by atoms with E-state index in [4.69, 9.17) is 5.11 Å². The van der Waals surface area contributed by atoms with Crippen molar-refractivity contribution in [2.45, 2.75) is 32.4 Å². The number of rotatable bonds is 5. The molecule has 2 aromatic rings. The Labute approximate surface area is 116 Å². The Morgan fingerprint density at radius 2 is 2.10 bits per heavy atom. The number of hydrogen-bond acceptors (Lipinski definition) is 3. The van der Waals surface area contributed by atoms with Gasteiger partial charge in [0.25, 0.3) is 0 Å². The number of nitrogens with one attached hydrogen (secondary N) is 1. The number of hydrogen-bond donors (Lipinski definition) is 2. The zero-order valence-electron chi connectivity index (χ0n) is 11.4. The molecule has 0 aliphatic carbocycles. The molecule has 6 nitrogen and oxygen atoms in total. The van der Waals surface area contributed by atoms with Crippen LogP contribution in [0.5, 0.6) is 0 Å². The molecule has 1 amide bonds. The molecule has 20 heavy (non-hydrogen) atoms. The number of aliphatic carboxylic acids is 1. The van der Waals surface area contributed by atoms with Crippen LogP contribution < -0.4 is 5.32 Å². The van der Waals surface area contributed by atoms with Crippen molar-refractivity contribution >= 4 is 22.9 Å². The average molecular weight is 275 g/mol. The maximum absolute atomic E-state index is 12.1. The van der Waals surface area contributed by atoms with Crippen LogP contribution >= 0.6 is 0 Å². The largest absolute Gasteiger partial charge is 0.480 e. The Morgan fingerprint density at radius 3 is 2.75 bits per heavy atom. The van der Waals surface area contributed by atoms with Crippen molar-refractivity contribution in [3.05, 3.63) is 30.6 Å². The first-order chi connectivity index (χ1) is 9.54. The number of para-hydroxylation sites is 2. The lowest BCUT2D eigenvalue weighted by Crippen LogP contribution is -2.43. The molecular weight excluding hydrogens is 258 g/mol. The Hall–Kier alpha value is -2.37. The summed E-state index contributed by atoms with van der Waals surface area (Å²) in [4.78, 5) is 27.3. The highest BCUT2D eigenvalue weighted by molar-refractivity contribution is 5.87. The van der Waals surface area contributed by atoms with Crippen LogP contribution in [0.3, 0.4) is 0 Å². The Balaban J connectivity index is 2.20. The van der Waals surface area contributed by atoms with Crippen LogP contribution in [0.15, 0.2) is 30.6 Å². The molecule has 2 atom stereocenters. The molecule has 1 aromatic carbocycles. The molecule has 0 saturated carbocycles. The van der Waals surface area contributed by atoms with Gasteiger partial charge in [-0.2, -0.15) is 0 Å². The summed E-state index contributed by atoms with van der Waals surface area (Å²) < 4.78 is 1.74. The molecule has 0 aliphatic rings. The lowest BCUT2D eigenvalue weighted by Gasteiger charge is -2.18. The fourth-order valence-electron chi connectivity index (χ4n) is 2.04. The minimum atomic E-state index is -1.02. The maximum Gasteiger partial charge on any atom is 0.326 e. The molecule has 0 saturated heterocycles. The fourth-order valence-corrected chi connectivity index (χ4v) is 2.04. The van der Waals surface area contributed by atoms with Gasteiger partial charge >= 0.3 is 5.97 Å². The predicted molar refractivity (Wildman–Crippen MR) is 74.3 cm³/mol. The summed E-state index contributed by atoms with van der Waals surface area (Å²) in [7, 11) is 0. The van der Waals surface area contributed by atoms with Crippen LogP contribution in [0.1, 0.15) is 26.3 Å². The van der Waals surface area contributed by atoms with Gasteiger partial charge in [0, 0.05) is 0 Å². The van der Waals surface area contributed by atoms with Crippen LogP contribution in [0.4, 0.5) is 0 Å². The highest BCUT2D eigenvalue weighted by Crippen LogP contribution is 2.17. The molecule has 2 rings (SSSR count). The molecular formula is C14H17N3O3. The van der Waals surface area contributed by atoms with E-state index in [1.807, 2.05) is 24.3 Å². The van der Waals surface area contributed by atoms with Crippen molar-refractivity contribution in [1.82, 2.24) is 14.9 Å². The van der Waals surface area contributed by atoms with E-state index in [2.05, 4.69) is 10.3 Å². The van der Waals surface area contributed by atoms with Gasteiger partial charge in [0.1, 0.15) is 12.1 Å². The molecule has 2 N–H and O–H groups in total. The van der Waals surface area contributed by atoms with E-state index < -0.39 is 18.1 Å². The number of aromatic nitrogens is 2. The number of fused-ring (bicyclic) bond motifs is 1. The molecule has 1 heterocycles. The Morgan fingerprint density at radius 1 is 1.40 bits per heavy atom. The normalized spacial score (nSPS) is 13.9. The molecule has 0 fully saturated rings. The third-order valence-corrected chi connectivity index (χ3v) is 3.30.